The maximum Gasteiger partial charge on any atom is 0.220 e. The first kappa shape index (κ1) is 89.2. The first-order valence-corrected chi connectivity index (χ1v) is 39.7. The Bertz CT molecular complexity index is 1900. The number of hydrogen-bond acceptors (Lipinski definition) is 18. The number of ether oxygens (including phenoxy) is 6. The lowest BCUT2D eigenvalue weighted by Crippen LogP contribution is -2.66. The standard InChI is InChI=1S/C78H145NO18/c1-3-5-7-9-11-13-15-17-19-21-22-23-24-25-26-27-28-29-30-31-32-33-34-35-36-37-38-40-42-44-46-48-50-52-54-56-66(84)79-61(62(83)55-53-51-49-47-45-43-41-39-20-18-16-14-12-10-8-6-4-2)60-92-76-72(90)69(87)74(64(58-81)94-76)97-78-73(91)70(88)75(65(59-82)95-78)96-77-71(89)68(86)67(85)63(57-80)93-77/h15,17,21-22,24-25,61-65,67-78,80-83,85-91H,3-14,16,18-20,23,26-60H2,1-2H3,(H,79,84)/b17-15-,22-21-,25-24-. The molecular weight excluding hydrogens is 1240 g/mol. The normalized spacial score (nSPS) is 27.0. The van der Waals surface area contributed by atoms with Crippen molar-refractivity contribution in [2.75, 3.05) is 26.4 Å². The van der Waals surface area contributed by atoms with Gasteiger partial charge in [-0.05, 0) is 51.4 Å². The Balaban J connectivity index is 1.33. The summed E-state index contributed by atoms with van der Waals surface area (Å²) in [4.78, 5) is 13.5. The number of unbranched alkanes of at least 4 members (excludes halogenated alkanes) is 41. The largest absolute Gasteiger partial charge is 0.394 e. The Labute approximate surface area is 587 Å². The summed E-state index contributed by atoms with van der Waals surface area (Å²) < 4.78 is 34.5. The average Bonchev–Trinajstić information content (AvgIpc) is 0.792. The summed E-state index contributed by atoms with van der Waals surface area (Å²) >= 11 is 0. The highest BCUT2D eigenvalue weighted by molar-refractivity contribution is 5.76. The molecule has 0 aliphatic carbocycles. The molecule has 3 aliphatic heterocycles. The molecule has 0 aromatic carbocycles. The molecule has 0 spiro atoms. The minimum absolute atomic E-state index is 0.237. The molecule has 17 unspecified atom stereocenters. The molecule has 3 rings (SSSR count). The van der Waals surface area contributed by atoms with Crippen LogP contribution in [0.5, 0.6) is 0 Å². The van der Waals surface area contributed by atoms with Gasteiger partial charge < -0.3 is 89.9 Å². The van der Waals surface area contributed by atoms with E-state index in [1.54, 1.807) is 0 Å². The van der Waals surface area contributed by atoms with Gasteiger partial charge in [-0.25, -0.2) is 0 Å². The second-order valence-corrected chi connectivity index (χ2v) is 28.5. The van der Waals surface area contributed by atoms with Crippen LogP contribution < -0.4 is 5.32 Å². The molecule has 3 fully saturated rings. The summed E-state index contributed by atoms with van der Waals surface area (Å²) in [6, 6.07) is -0.886. The van der Waals surface area contributed by atoms with Gasteiger partial charge in [-0.1, -0.05) is 301 Å². The molecule has 3 heterocycles. The fraction of sp³-hybridized carbons (Fsp3) is 0.910. The highest BCUT2D eigenvalue weighted by Crippen LogP contribution is 2.33. The number of nitrogens with one attached hydrogen (secondary N) is 1. The maximum atomic E-state index is 13.5. The first-order chi connectivity index (χ1) is 47.3. The van der Waals surface area contributed by atoms with E-state index in [0.717, 1.165) is 57.8 Å². The van der Waals surface area contributed by atoms with Gasteiger partial charge in [0.05, 0.1) is 38.6 Å². The van der Waals surface area contributed by atoms with Crippen molar-refractivity contribution in [3.05, 3.63) is 36.5 Å². The molecule has 1 amide bonds. The van der Waals surface area contributed by atoms with Gasteiger partial charge in [-0.2, -0.15) is 0 Å². The summed E-state index contributed by atoms with van der Waals surface area (Å²) in [7, 11) is 0. The van der Waals surface area contributed by atoms with Crippen molar-refractivity contribution in [1.29, 1.82) is 0 Å². The zero-order valence-corrected chi connectivity index (χ0v) is 60.8. The van der Waals surface area contributed by atoms with E-state index in [0.29, 0.717) is 12.8 Å². The smallest absolute Gasteiger partial charge is 0.220 e. The van der Waals surface area contributed by atoms with Crippen LogP contribution in [0.25, 0.3) is 0 Å². The van der Waals surface area contributed by atoms with Gasteiger partial charge in [0.2, 0.25) is 5.91 Å². The Kier molecular flexibility index (Phi) is 54.6. The van der Waals surface area contributed by atoms with Crippen LogP contribution in [0.1, 0.15) is 322 Å². The van der Waals surface area contributed by atoms with Gasteiger partial charge in [0.1, 0.15) is 73.2 Å². The molecule has 0 aromatic rings. The summed E-state index contributed by atoms with van der Waals surface area (Å²) in [6.45, 7) is 1.83. The van der Waals surface area contributed by atoms with E-state index in [2.05, 4.69) is 55.6 Å². The fourth-order valence-electron chi connectivity index (χ4n) is 13.6. The molecule has 3 aliphatic rings. The number of carbonyl (C=O) groups excluding carboxylic acids is 1. The van der Waals surface area contributed by atoms with Crippen molar-refractivity contribution < 1.29 is 89.4 Å². The number of carbonyl (C=O) groups is 1. The van der Waals surface area contributed by atoms with Crippen molar-refractivity contribution in [2.45, 2.75) is 426 Å². The number of aliphatic hydroxyl groups excluding tert-OH is 11. The van der Waals surface area contributed by atoms with E-state index < -0.39 is 124 Å². The predicted molar refractivity (Wildman–Crippen MR) is 383 cm³/mol. The lowest BCUT2D eigenvalue weighted by Gasteiger charge is -2.48. The van der Waals surface area contributed by atoms with E-state index in [4.69, 9.17) is 28.4 Å². The van der Waals surface area contributed by atoms with Crippen LogP contribution >= 0.6 is 0 Å². The Hall–Kier alpha value is -1.99. The molecule has 570 valence electrons. The van der Waals surface area contributed by atoms with Gasteiger partial charge in [0.15, 0.2) is 18.9 Å². The van der Waals surface area contributed by atoms with Crippen LogP contribution in [0, 0.1) is 0 Å². The molecule has 12 N–H and O–H groups in total. The highest BCUT2D eigenvalue weighted by Gasteiger charge is 2.54. The van der Waals surface area contributed by atoms with Crippen LogP contribution in [0.3, 0.4) is 0 Å². The Morgan fingerprint density at radius 2 is 0.680 bits per heavy atom. The van der Waals surface area contributed by atoms with E-state index in [1.807, 2.05) is 0 Å². The maximum absolute atomic E-state index is 13.5. The number of rotatable bonds is 63. The van der Waals surface area contributed by atoms with E-state index in [-0.39, 0.29) is 18.9 Å². The van der Waals surface area contributed by atoms with E-state index in [1.165, 1.54) is 231 Å². The van der Waals surface area contributed by atoms with Gasteiger partial charge >= 0.3 is 0 Å². The molecule has 0 bridgehead atoms. The SMILES string of the molecule is CCCCCCC/C=C\C/C=C\C/C=C\CCCCCCCCCCCCCCCCCCCCCCC(=O)NC(COC1OC(CO)C(OC2OC(CO)C(OC3OC(CO)C(O)C(O)C3O)C(O)C2O)C(O)C1O)C(O)CCCCCCCCCCCCCCCCCCC. The van der Waals surface area contributed by atoms with Crippen LogP contribution in [0.4, 0.5) is 0 Å². The molecule has 19 heteroatoms. The van der Waals surface area contributed by atoms with Crippen molar-refractivity contribution in [3.63, 3.8) is 0 Å². The highest BCUT2D eigenvalue weighted by atomic mass is 16.8. The van der Waals surface area contributed by atoms with Crippen LogP contribution in [0.15, 0.2) is 36.5 Å². The van der Waals surface area contributed by atoms with Crippen LogP contribution in [0.2, 0.25) is 0 Å². The minimum atomic E-state index is -1.97. The first-order valence-electron chi connectivity index (χ1n) is 39.7. The Morgan fingerprint density at radius 1 is 0.371 bits per heavy atom. The van der Waals surface area contributed by atoms with Gasteiger partial charge in [-0.3, -0.25) is 4.79 Å². The third kappa shape index (κ3) is 40.0. The molecule has 17 atom stereocenters. The van der Waals surface area contributed by atoms with Crippen LogP contribution in [-0.4, -0.2) is 193 Å². The van der Waals surface area contributed by atoms with Crippen molar-refractivity contribution in [2.24, 2.45) is 0 Å². The summed E-state index contributed by atoms with van der Waals surface area (Å²) in [5, 5.41) is 121. The topological polar surface area (TPSA) is 307 Å². The monoisotopic (exact) mass is 1380 g/mol. The fourth-order valence-corrected chi connectivity index (χ4v) is 13.6. The van der Waals surface area contributed by atoms with Crippen molar-refractivity contribution in [1.82, 2.24) is 5.32 Å². The lowest BCUT2D eigenvalue weighted by molar-refractivity contribution is -0.379. The number of aliphatic hydroxyl groups is 11. The van der Waals surface area contributed by atoms with E-state index >= 15 is 0 Å². The zero-order chi connectivity index (χ0) is 70.4. The Morgan fingerprint density at radius 3 is 1.06 bits per heavy atom. The van der Waals surface area contributed by atoms with Crippen molar-refractivity contribution >= 4 is 5.91 Å². The summed E-state index contributed by atoms with van der Waals surface area (Å²) in [5.74, 6) is -0.237. The van der Waals surface area contributed by atoms with E-state index in [9.17, 15) is 61.0 Å². The molecule has 0 aromatic heterocycles. The third-order valence-corrected chi connectivity index (χ3v) is 20.0. The molecule has 19 nitrogen and oxygen atoms in total. The third-order valence-electron chi connectivity index (χ3n) is 20.0. The van der Waals surface area contributed by atoms with Crippen molar-refractivity contribution in [3.8, 4) is 0 Å². The lowest BCUT2D eigenvalue weighted by atomic mass is 9.96. The van der Waals surface area contributed by atoms with Gasteiger partial charge in [-0.15, -0.1) is 0 Å². The number of allylic oxidation sites excluding steroid dienone is 6. The molecule has 97 heavy (non-hydrogen) atoms. The second-order valence-electron chi connectivity index (χ2n) is 28.5. The molecule has 3 saturated heterocycles. The molecule has 0 saturated carbocycles. The van der Waals surface area contributed by atoms with Gasteiger partial charge in [0, 0.05) is 6.42 Å². The van der Waals surface area contributed by atoms with Crippen LogP contribution in [-0.2, 0) is 33.2 Å². The summed E-state index contributed by atoms with van der Waals surface area (Å²) in [6.07, 6.45) is 45.2. The minimum Gasteiger partial charge on any atom is -0.394 e. The predicted octanol–water partition coefficient (Wildman–Crippen LogP) is 12.7. The molecule has 0 radical (unpaired) electrons. The number of amides is 1. The average molecular weight is 1390 g/mol. The zero-order valence-electron chi connectivity index (χ0n) is 60.8. The van der Waals surface area contributed by atoms with Gasteiger partial charge in [0.25, 0.3) is 0 Å². The summed E-state index contributed by atoms with van der Waals surface area (Å²) in [5.41, 5.74) is 0. The second kappa shape index (κ2) is 59.4. The molecular formula is C78H145NO18. The number of hydrogen-bond donors (Lipinski definition) is 12. The quantitative estimate of drug-likeness (QED) is 0.0199.